The lowest BCUT2D eigenvalue weighted by Crippen LogP contribution is -2.15. The molecule has 1 aromatic heterocycles. The number of aromatic nitrogens is 2. The van der Waals surface area contributed by atoms with Gasteiger partial charge in [-0.1, -0.05) is 12.1 Å². The van der Waals surface area contributed by atoms with Crippen LogP contribution in [-0.4, -0.2) is 22.1 Å². The molecular weight excluding hydrogens is 247 g/mol. The van der Waals surface area contributed by atoms with Gasteiger partial charge in [-0.2, -0.15) is 0 Å². The highest BCUT2D eigenvalue weighted by atomic mass is 19.1. The van der Waals surface area contributed by atoms with Crippen molar-refractivity contribution < 1.29 is 13.9 Å². The van der Waals surface area contributed by atoms with Gasteiger partial charge in [-0.05, 0) is 31.5 Å². The van der Waals surface area contributed by atoms with Crippen LogP contribution in [0.25, 0.3) is 0 Å². The van der Waals surface area contributed by atoms with Gasteiger partial charge in [-0.3, -0.25) is 0 Å². The van der Waals surface area contributed by atoms with Crippen LogP contribution in [0.2, 0.25) is 0 Å². The molecule has 0 aliphatic rings. The fourth-order valence-corrected chi connectivity index (χ4v) is 1.88. The molecule has 2 rings (SSSR count). The Kier molecular flexibility index (Phi) is 3.94. The van der Waals surface area contributed by atoms with E-state index in [1.807, 2.05) is 6.92 Å². The number of hydrogen-bond acceptors (Lipinski definition) is 3. The molecule has 2 aromatic rings. The minimum Gasteiger partial charge on any atom is -0.461 e. The second kappa shape index (κ2) is 5.65. The molecule has 1 atom stereocenters. The summed E-state index contributed by atoms with van der Waals surface area (Å²) >= 11 is 0. The summed E-state index contributed by atoms with van der Waals surface area (Å²) in [5, 5.41) is 0. The van der Waals surface area contributed by atoms with Crippen molar-refractivity contribution in [3.05, 3.63) is 53.9 Å². The lowest BCUT2D eigenvalue weighted by Gasteiger charge is -2.16. The van der Waals surface area contributed by atoms with Crippen molar-refractivity contribution in [3.8, 4) is 0 Å². The van der Waals surface area contributed by atoms with Crippen LogP contribution >= 0.6 is 0 Å². The van der Waals surface area contributed by atoms with E-state index in [1.165, 1.54) is 18.3 Å². The number of halogens is 1. The van der Waals surface area contributed by atoms with Gasteiger partial charge in [0.1, 0.15) is 11.5 Å². The minimum atomic E-state index is -0.408. The number of rotatable bonds is 4. The predicted octanol–water partition coefficient (Wildman–Crippen LogP) is 2.81. The molecule has 1 heterocycles. The third kappa shape index (κ3) is 2.81. The molecule has 0 aliphatic heterocycles. The summed E-state index contributed by atoms with van der Waals surface area (Å²) in [6, 6.07) is 6.05. The van der Waals surface area contributed by atoms with Crippen molar-refractivity contribution in [1.82, 2.24) is 9.55 Å². The minimum absolute atomic E-state index is 0.123. The summed E-state index contributed by atoms with van der Waals surface area (Å²) < 4.78 is 19.6. The molecule has 0 radical (unpaired) electrons. The second-order valence-electron chi connectivity index (χ2n) is 4.13. The van der Waals surface area contributed by atoms with Gasteiger partial charge in [0.15, 0.2) is 0 Å². The summed E-state index contributed by atoms with van der Waals surface area (Å²) in [6.45, 7) is 3.98. The Balaban J connectivity index is 2.29. The monoisotopic (exact) mass is 262 g/mol. The van der Waals surface area contributed by atoms with E-state index in [4.69, 9.17) is 4.74 Å². The Labute approximate surface area is 110 Å². The molecule has 0 aliphatic carbocycles. The molecule has 0 spiro atoms. The molecule has 0 N–H and O–H groups in total. The van der Waals surface area contributed by atoms with E-state index in [0.717, 1.165) is 5.56 Å². The summed E-state index contributed by atoms with van der Waals surface area (Å²) in [5.41, 5.74) is 1.28. The fraction of sp³-hybridized carbons (Fsp3) is 0.286. The molecule has 0 bridgehead atoms. The van der Waals surface area contributed by atoms with Crippen LogP contribution in [0.4, 0.5) is 4.39 Å². The maximum atomic E-state index is 12.9. The van der Waals surface area contributed by atoms with Crippen LogP contribution in [-0.2, 0) is 4.74 Å². The third-order valence-electron chi connectivity index (χ3n) is 2.92. The van der Waals surface area contributed by atoms with Crippen molar-refractivity contribution in [1.29, 1.82) is 0 Å². The Hall–Kier alpha value is -2.17. The number of benzene rings is 1. The van der Waals surface area contributed by atoms with E-state index >= 15 is 0 Å². The van der Waals surface area contributed by atoms with Crippen molar-refractivity contribution in [2.45, 2.75) is 19.9 Å². The van der Waals surface area contributed by atoms with E-state index in [0.29, 0.717) is 12.3 Å². The first kappa shape index (κ1) is 13.3. The number of hydrogen-bond donors (Lipinski definition) is 0. The van der Waals surface area contributed by atoms with Crippen LogP contribution in [0.1, 0.15) is 35.9 Å². The first-order valence-electron chi connectivity index (χ1n) is 6.08. The Morgan fingerprint density at radius 3 is 2.74 bits per heavy atom. The normalized spacial score (nSPS) is 12.2. The largest absolute Gasteiger partial charge is 0.461 e. The number of carbonyl (C=O) groups excluding carboxylic acids is 1. The molecule has 0 fully saturated rings. The molecule has 1 aromatic carbocycles. The molecule has 100 valence electrons. The number of carbonyl (C=O) groups is 1. The highest BCUT2D eigenvalue weighted by Crippen LogP contribution is 2.20. The van der Waals surface area contributed by atoms with Gasteiger partial charge in [-0.15, -0.1) is 0 Å². The summed E-state index contributed by atoms with van der Waals surface area (Å²) in [4.78, 5) is 15.8. The van der Waals surface area contributed by atoms with E-state index in [-0.39, 0.29) is 11.9 Å². The Bertz CT molecular complexity index is 563. The highest BCUT2D eigenvalue weighted by Gasteiger charge is 2.17. The zero-order valence-electron chi connectivity index (χ0n) is 10.8. The van der Waals surface area contributed by atoms with Crippen LogP contribution in [0, 0.1) is 5.82 Å². The van der Waals surface area contributed by atoms with Gasteiger partial charge >= 0.3 is 5.97 Å². The third-order valence-corrected chi connectivity index (χ3v) is 2.92. The first-order valence-corrected chi connectivity index (χ1v) is 6.08. The van der Waals surface area contributed by atoms with Crippen molar-refractivity contribution in [2.24, 2.45) is 0 Å². The maximum absolute atomic E-state index is 12.9. The van der Waals surface area contributed by atoms with Crippen molar-refractivity contribution >= 4 is 5.97 Å². The zero-order chi connectivity index (χ0) is 13.8. The van der Waals surface area contributed by atoms with Gasteiger partial charge in [0.05, 0.1) is 25.2 Å². The van der Waals surface area contributed by atoms with E-state index in [1.54, 1.807) is 30.0 Å². The topological polar surface area (TPSA) is 44.1 Å². The standard InChI is InChI=1S/C14H15FN2O2/c1-3-19-14(18)13-8-16-9-17(13)10(2)11-4-6-12(15)7-5-11/h4-10H,3H2,1-2H3. The van der Waals surface area contributed by atoms with Crippen LogP contribution < -0.4 is 0 Å². The van der Waals surface area contributed by atoms with Crippen LogP contribution in [0.5, 0.6) is 0 Å². The smallest absolute Gasteiger partial charge is 0.356 e. The lowest BCUT2D eigenvalue weighted by molar-refractivity contribution is 0.0512. The van der Waals surface area contributed by atoms with Crippen molar-refractivity contribution in [3.63, 3.8) is 0 Å². The van der Waals surface area contributed by atoms with E-state index in [2.05, 4.69) is 4.98 Å². The number of nitrogens with zero attached hydrogens (tertiary/aromatic N) is 2. The lowest BCUT2D eigenvalue weighted by atomic mass is 10.1. The van der Waals surface area contributed by atoms with Crippen LogP contribution in [0.15, 0.2) is 36.8 Å². The van der Waals surface area contributed by atoms with E-state index in [9.17, 15) is 9.18 Å². The summed E-state index contributed by atoms with van der Waals surface area (Å²) in [5.74, 6) is -0.693. The number of ether oxygens (including phenoxy) is 1. The van der Waals surface area contributed by atoms with E-state index < -0.39 is 5.97 Å². The first-order chi connectivity index (χ1) is 9.13. The van der Waals surface area contributed by atoms with Gasteiger partial charge in [-0.25, -0.2) is 14.2 Å². The number of esters is 1. The zero-order valence-corrected chi connectivity index (χ0v) is 10.8. The van der Waals surface area contributed by atoms with Gasteiger partial charge in [0.25, 0.3) is 0 Å². The van der Waals surface area contributed by atoms with Gasteiger partial charge in [0, 0.05) is 0 Å². The quantitative estimate of drug-likeness (QED) is 0.796. The average Bonchev–Trinajstić information content (AvgIpc) is 2.88. The second-order valence-corrected chi connectivity index (χ2v) is 4.13. The molecule has 1 unspecified atom stereocenters. The van der Waals surface area contributed by atoms with Gasteiger partial charge in [0.2, 0.25) is 0 Å². The maximum Gasteiger partial charge on any atom is 0.356 e. The molecule has 0 saturated heterocycles. The molecular formula is C14H15FN2O2. The van der Waals surface area contributed by atoms with Crippen molar-refractivity contribution in [2.75, 3.05) is 6.61 Å². The Morgan fingerprint density at radius 2 is 2.11 bits per heavy atom. The Morgan fingerprint density at radius 1 is 1.42 bits per heavy atom. The molecule has 5 heteroatoms. The summed E-state index contributed by atoms with van der Waals surface area (Å²) in [7, 11) is 0. The molecule has 0 amide bonds. The molecule has 0 saturated carbocycles. The predicted molar refractivity (Wildman–Crippen MR) is 68.4 cm³/mol. The van der Waals surface area contributed by atoms with Gasteiger partial charge < -0.3 is 9.30 Å². The molecule has 4 nitrogen and oxygen atoms in total. The fourth-order valence-electron chi connectivity index (χ4n) is 1.88. The summed E-state index contributed by atoms with van der Waals surface area (Å²) in [6.07, 6.45) is 3.04. The molecule has 19 heavy (non-hydrogen) atoms. The highest BCUT2D eigenvalue weighted by molar-refractivity contribution is 5.87. The SMILES string of the molecule is CCOC(=O)c1cncn1C(C)c1ccc(F)cc1. The van der Waals surface area contributed by atoms with Crippen LogP contribution in [0.3, 0.4) is 0 Å². The number of imidazole rings is 1. The average molecular weight is 262 g/mol.